The Bertz CT molecular complexity index is 69.6. The van der Waals surface area contributed by atoms with Crippen LogP contribution in [0.4, 0.5) is 0 Å². The van der Waals surface area contributed by atoms with Crippen LogP contribution in [0.5, 0.6) is 0 Å². The maximum absolute atomic E-state index is 8.25. The smallest absolute Gasteiger partial charge is 0.412 e. The van der Waals surface area contributed by atoms with Gasteiger partial charge in [0.2, 0.25) is 0 Å². The molecule has 0 aromatic heterocycles. The van der Waals surface area contributed by atoms with Crippen molar-refractivity contribution >= 4 is 0 Å². The molecule has 0 amide bonds. The first kappa shape index (κ1) is 22.8. The Morgan fingerprint density at radius 1 is 0.800 bits per heavy atom. The number of nitrogens with zero attached hydrogens (tertiary/aromatic N) is 2. The standard InChI is InChI=1S/2NO3.H2O.Zr/c2*2-1(3)4;;/h;;1H2;/q2*-1;;+2. The van der Waals surface area contributed by atoms with E-state index in [2.05, 4.69) is 0 Å². The molecule has 0 fully saturated rings. The zero-order valence-electron chi connectivity index (χ0n) is 4.34. The molecule has 10 heavy (non-hydrogen) atoms. The van der Waals surface area contributed by atoms with E-state index in [0.717, 1.165) is 0 Å². The first-order chi connectivity index (χ1) is 3.46. The topological polar surface area (TPSA) is 164 Å². The van der Waals surface area contributed by atoms with Crippen molar-refractivity contribution in [3.8, 4) is 0 Å². The Morgan fingerprint density at radius 3 is 0.800 bits per heavy atom. The molecule has 9 nitrogen and oxygen atoms in total. The minimum Gasteiger partial charge on any atom is -0.412 e. The molecule has 58 valence electrons. The maximum Gasteiger partial charge on any atom is 2.00 e. The number of hydrogen-bond acceptors (Lipinski definition) is 6. The van der Waals surface area contributed by atoms with Crippen molar-refractivity contribution in [3.63, 3.8) is 0 Å². The number of rotatable bonds is 0. The average molecular weight is 233 g/mol. The van der Waals surface area contributed by atoms with Gasteiger partial charge in [-0.25, -0.2) is 0 Å². The number of hydrogen-bond donors (Lipinski definition) is 0. The molecule has 2 N–H and O–H groups in total. The van der Waals surface area contributed by atoms with Gasteiger partial charge in [0.25, 0.3) is 0 Å². The van der Waals surface area contributed by atoms with Gasteiger partial charge in [0.05, 0.1) is 10.2 Å². The van der Waals surface area contributed by atoms with Crippen LogP contribution in [0.15, 0.2) is 0 Å². The van der Waals surface area contributed by atoms with Crippen LogP contribution in [-0.4, -0.2) is 15.6 Å². The van der Waals surface area contributed by atoms with Crippen LogP contribution in [-0.2, 0) is 26.2 Å². The molecule has 0 spiro atoms. The summed E-state index contributed by atoms with van der Waals surface area (Å²) in [6.07, 6.45) is 0. The predicted octanol–water partition coefficient (Wildman–Crippen LogP) is -1.31. The van der Waals surface area contributed by atoms with E-state index in [-0.39, 0.29) is 31.7 Å². The van der Waals surface area contributed by atoms with Crippen LogP contribution in [0.25, 0.3) is 0 Å². The Balaban J connectivity index is -0.0000000300. The van der Waals surface area contributed by atoms with Crippen LogP contribution in [0.1, 0.15) is 0 Å². The molecule has 0 atom stereocenters. The molecule has 0 rings (SSSR count). The summed E-state index contributed by atoms with van der Waals surface area (Å²) in [5, 5.41) is 29.5. The van der Waals surface area contributed by atoms with Crippen molar-refractivity contribution in [3.05, 3.63) is 30.6 Å². The maximum atomic E-state index is 8.25. The molecule has 0 saturated carbocycles. The first-order valence-corrected chi connectivity index (χ1v) is 1.10. The zero-order valence-corrected chi connectivity index (χ0v) is 6.80. The molecule has 0 heterocycles. The van der Waals surface area contributed by atoms with Crippen LogP contribution in [0.2, 0.25) is 0 Å². The fraction of sp³-hybridized carbons (Fsp3) is 0. The van der Waals surface area contributed by atoms with Gasteiger partial charge in [-0.15, -0.1) is 0 Å². The molecule has 10 heteroatoms. The molecule has 0 unspecified atom stereocenters. The van der Waals surface area contributed by atoms with E-state index in [0.29, 0.717) is 0 Å². The molecular weight excluding hydrogens is 231 g/mol. The Morgan fingerprint density at radius 2 is 0.800 bits per heavy atom. The molecule has 0 bridgehead atoms. The van der Waals surface area contributed by atoms with E-state index >= 15 is 0 Å². The van der Waals surface area contributed by atoms with Crippen LogP contribution >= 0.6 is 0 Å². The molecular formula is H2N2O7Zr. The second-order valence-corrected chi connectivity index (χ2v) is 0.447. The van der Waals surface area contributed by atoms with Gasteiger partial charge in [0.1, 0.15) is 0 Å². The third-order valence-corrected chi connectivity index (χ3v) is 0. The minimum absolute atomic E-state index is 0. The molecule has 0 aliphatic rings. The monoisotopic (exact) mass is 232 g/mol. The van der Waals surface area contributed by atoms with E-state index < -0.39 is 10.2 Å². The Hall–Kier alpha value is -0.757. The van der Waals surface area contributed by atoms with E-state index in [1.54, 1.807) is 0 Å². The quantitative estimate of drug-likeness (QED) is 0.372. The minimum atomic E-state index is -1.75. The Kier molecular flexibility index (Phi) is 35.9. The SMILES string of the molecule is O.O=[N+]([O-])[O-].O=[N+]([O-])[O-].[Zr+2]. The van der Waals surface area contributed by atoms with Crippen molar-refractivity contribution < 1.29 is 41.9 Å². The van der Waals surface area contributed by atoms with Crippen molar-refractivity contribution in [2.45, 2.75) is 0 Å². The third-order valence-electron chi connectivity index (χ3n) is 0. The molecule has 0 aromatic carbocycles. The summed E-state index contributed by atoms with van der Waals surface area (Å²) in [7, 11) is 0. The summed E-state index contributed by atoms with van der Waals surface area (Å²) in [5.41, 5.74) is 0. The second-order valence-electron chi connectivity index (χ2n) is 0.447. The fourth-order valence-corrected chi connectivity index (χ4v) is 0. The second kappa shape index (κ2) is 15.7. The Labute approximate surface area is 72.9 Å². The van der Waals surface area contributed by atoms with Crippen molar-refractivity contribution in [1.82, 2.24) is 0 Å². The summed E-state index contributed by atoms with van der Waals surface area (Å²) in [5.74, 6) is 0. The summed E-state index contributed by atoms with van der Waals surface area (Å²) in [6.45, 7) is 0. The third kappa shape index (κ3) is 493. The van der Waals surface area contributed by atoms with Crippen molar-refractivity contribution in [2.24, 2.45) is 0 Å². The van der Waals surface area contributed by atoms with E-state index in [1.165, 1.54) is 0 Å². The van der Waals surface area contributed by atoms with Crippen molar-refractivity contribution in [2.75, 3.05) is 0 Å². The van der Waals surface area contributed by atoms with E-state index in [4.69, 9.17) is 30.6 Å². The molecule has 0 aliphatic carbocycles. The van der Waals surface area contributed by atoms with Gasteiger partial charge >= 0.3 is 26.2 Å². The molecule has 0 aliphatic heterocycles. The zero-order chi connectivity index (χ0) is 7.15. The largest absolute Gasteiger partial charge is 2.00 e. The molecule has 0 radical (unpaired) electrons. The van der Waals surface area contributed by atoms with Crippen LogP contribution in [0.3, 0.4) is 0 Å². The van der Waals surface area contributed by atoms with Gasteiger partial charge in [-0.1, -0.05) is 0 Å². The first-order valence-electron chi connectivity index (χ1n) is 1.10. The van der Waals surface area contributed by atoms with E-state index in [1.807, 2.05) is 0 Å². The molecule has 0 aromatic rings. The fourth-order valence-electron chi connectivity index (χ4n) is 0. The molecule has 0 saturated heterocycles. The van der Waals surface area contributed by atoms with Crippen LogP contribution in [0, 0.1) is 30.6 Å². The van der Waals surface area contributed by atoms with Gasteiger partial charge in [-0.05, 0) is 0 Å². The van der Waals surface area contributed by atoms with E-state index in [9.17, 15) is 0 Å². The van der Waals surface area contributed by atoms with Crippen molar-refractivity contribution in [1.29, 1.82) is 0 Å². The summed E-state index contributed by atoms with van der Waals surface area (Å²) < 4.78 is 0. The summed E-state index contributed by atoms with van der Waals surface area (Å²) in [4.78, 5) is 16.5. The van der Waals surface area contributed by atoms with Gasteiger partial charge in [0, 0.05) is 0 Å². The predicted molar refractivity (Wildman–Crippen MR) is 24.3 cm³/mol. The van der Waals surface area contributed by atoms with Gasteiger partial charge in [-0.2, -0.15) is 0 Å². The van der Waals surface area contributed by atoms with Gasteiger partial charge in [-0.3, -0.25) is 0 Å². The van der Waals surface area contributed by atoms with Gasteiger partial charge < -0.3 is 36.1 Å². The summed E-state index contributed by atoms with van der Waals surface area (Å²) in [6, 6.07) is 0. The summed E-state index contributed by atoms with van der Waals surface area (Å²) >= 11 is 0. The van der Waals surface area contributed by atoms with Gasteiger partial charge in [0.15, 0.2) is 0 Å². The normalized spacial score (nSPS) is 4.80. The average Bonchev–Trinajstić information content (AvgIpc) is 1.25. The van der Waals surface area contributed by atoms with Crippen LogP contribution < -0.4 is 0 Å².